The van der Waals surface area contributed by atoms with Gasteiger partial charge in [-0.3, -0.25) is 9.89 Å². The average Bonchev–Trinajstić information content (AvgIpc) is 3.17. The minimum atomic E-state index is -2.38. The number of carbonyl (C=O) groups excluding carboxylic acids is 1. The molecule has 2 N–H and O–H groups in total. The summed E-state index contributed by atoms with van der Waals surface area (Å²) in [6.07, 6.45) is -0.220. The van der Waals surface area contributed by atoms with Crippen molar-refractivity contribution in [3.05, 3.63) is 29.7 Å². The molecule has 8 heteroatoms. The molecule has 0 radical (unpaired) electrons. The molecule has 1 amide bonds. The predicted octanol–water partition coefficient (Wildman–Crippen LogP) is 1.62. The number of furan rings is 1. The number of halogens is 1. The molecule has 3 heterocycles. The molecule has 116 valence electrons. The Hall–Kier alpha value is -2.64. The number of aromatic amines is 1. The molecule has 0 aromatic carbocycles. The SMILES string of the molecule is Cc1ccc(-c2cc(C(=O)N3CCC(F)(C(=O)O)C3)n[nH]2)o1. The van der Waals surface area contributed by atoms with Crippen molar-refractivity contribution in [2.24, 2.45) is 0 Å². The summed E-state index contributed by atoms with van der Waals surface area (Å²) >= 11 is 0. The zero-order chi connectivity index (χ0) is 15.9. The van der Waals surface area contributed by atoms with Gasteiger partial charge in [-0.15, -0.1) is 0 Å². The Morgan fingerprint density at radius 3 is 2.86 bits per heavy atom. The lowest BCUT2D eigenvalue weighted by Crippen LogP contribution is -2.39. The maximum absolute atomic E-state index is 14.0. The topological polar surface area (TPSA) is 99.4 Å². The highest BCUT2D eigenvalue weighted by Crippen LogP contribution is 2.27. The zero-order valence-electron chi connectivity index (χ0n) is 11.8. The van der Waals surface area contributed by atoms with Crippen molar-refractivity contribution < 1.29 is 23.5 Å². The number of carboxylic acid groups (broad SMARTS) is 1. The van der Waals surface area contributed by atoms with E-state index in [4.69, 9.17) is 9.52 Å². The number of likely N-dealkylation sites (tertiary alicyclic amines) is 1. The van der Waals surface area contributed by atoms with Gasteiger partial charge in [-0.05, 0) is 19.1 Å². The number of nitrogens with zero attached hydrogens (tertiary/aromatic N) is 2. The van der Waals surface area contributed by atoms with E-state index in [0.717, 1.165) is 10.7 Å². The molecule has 2 aromatic heterocycles. The van der Waals surface area contributed by atoms with E-state index in [0.29, 0.717) is 11.5 Å². The zero-order valence-corrected chi connectivity index (χ0v) is 11.8. The van der Waals surface area contributed by atoms with Crippen molar-refractivity contribution in [2.45, 2.75) is 19.0 Å². The molecule has 0 bridgehead atoms. The number of alkyl halides is 1. The molecule has 3 rings (SSSR count). The number of aryl methyl sites for hydroxylation is 1. The first kappa shape index (κ1) is 14.3. The Morgan fingerprint density at radius 1 is 1.50 bits per heavy atom. The fourth-order valence-electron chi connectivity index (χ4n) is 2.42. The van der Waals surface area contributed by atoms with Crippen LogP contribution in [0.25, 0.3) is 11.5 Å². The smallest absolute Gasteiger partial charge is 0.343 e. The molecule has 1 saturated heterocycles. The summed E-state index contributed by atoms with van der Waals surface area (Å²) in [5.74, 6) is -0.792. The van der Waals surface area contributed by atoms with Crippen molar-refractivity contribution in [1.29, 1.82) is 0 Å². The van der Waals surface area contributed by atoms with Gasteiger partial charge < -0.3 is 14.4 Å². The van der Waals surface area contributed by atoms with Crippen molar-refractivity contribution in [1.82, 2.24) is 15.1 Å². The minimum absolute atomic E-state index is 0.0453. The standard InChI is InChI=1S/C14H14FN3O4/c1-8-2-3-11(22-8)9-6-10(17-16-9)12(19)18-5-4-14(15,7-18)13(20)21/h2-3,6H,4-5,7H2,1H3,(H,16,17)(H,20,21). The highest BCUT2D eigenvalue weighted by Gasteiger charge is 2.47. The summed E-state index contributed by atoms with van der Waals surface area (Å²) in [4.78, 5) is 24.3. The van der Waals surface area contributed by atoms with E-state index in [1.807, 2.05) is 0 Å². The molecule has 1 aliphatic rings. The number of hydrogen-bond acceptors (Lipinski definition) is 4. The van der Waals surface area contributed by atoms with Gasteiger partial charge >= 0.3 is 5.97 Å². The number of aromatic nitrogens is 2. The summed E-state index contributed by atoms with van der Waals surface area (Å²) in [7, 11) is 0. The fraction of sp³-hybridized carbons (Fsp3) is 0.357. The van der Waals surface area contributed by atoms with E-state index >= 15 is 0 Å². The van der Waals surface area contributed by atoms with Crippen molar-refractivity contribution in [3.8, 4) is 11.5 Å². The molecule has 1 fully saturated rings. The molecular weight excluding hydrogens is 293 g/mol. The van der Waals surface area contributed by atoms with Gasteiger partial charge in [-0.1, -0.05) is 0 Å². The lowest BCUT2D eigenvalue weighted by atomic mass is 10.1. The van der Waals surface area contributed by atoms with Crippen LogP contribution in [0, 0.1) is 6.92 Å². The fourth-order valence-corrected chi connectivity index (χ4v) is 2.42. The first-order valence-electron chi connectivity index (χ1n) is 6.73. The number of aliphatic carboxylic acids is 1. The second-order valence-corrected chi connectivity index (χ2v) is 5.32. The third-order valence-corrected chi connectivity index (χ3v) is 3.69. The van der Waals surface area contributed by atoms with Crippen LogP contribution in [0.3, 0.4) is 0 Å². The lowest BCUT2D eigenvalue weighted by Gasteiger charge is -2.16. The Labute approximate surface area is 124 Å². The summed E-state index contributed by atoms with van der Waals surface area (Å²) in [6, 6.07) is 5.02. The number of amides is 1. The summed E-state index contributed by atoms with van der Waals surface area (Å²) in [5.41, 5.74) is -1.76. The van der Waals surface area contributed by atoms with Crippen molar-refractivity contribution in [2.75, 3.05) is 13.1 Å². The summed E-state index contributed by atoms with van der Waals surface area (Å²) in [6.45, 7) is 1.37. The monoisotopic (exact) mass is 307 g/mol. The molecule has 1 unspecified atom stereocenters. The van der Waals surface area contributed by atoms with Gasteiger partial charge in [0.2, 0.25) is 5.67 Å². The Balaban J connectivity index is 1.77. The third-order valence-electron chi connectivity index (χ3n) is 3.69. The number of hydrogen-bond donors (Lipinski definition) is 2. The molecular formula is C14H14FN3O4. The molecule has 1 aliphatic heterocycles. The average molecular weight is 307 g/mol. The quantitative estimate of drug-likeness (QED) is 0.897. The largest absolute Gasteiger partial charge is 0.479 e. The van der Waals surface area contributed by atoms with Crippen LogP contribution in [-0.2, 0) is 4.79 Å². The third kappa shape index (κ3) is 2.36. The van der Waals surface area contributed by atoms with E-state index in [-0.39, 0.29) is 18.7 Å². The minimum Gasteiger partial charge on any atom is -0.479 e. The van der Waals surface area contributed by atoms with E-state index in [9.17, 15) is 14.0 Å². The van der Waals surface area contributed by atoms with Crippen molar-refractivity contribution >= 4 is 11.9 Å². The van der Waals surface area contributed by atoms with Crippen LogP contribution in [0.1, 0.15) is 22.7 Å². The molecule has 0 aliphatic carbocycles. The highest BCUT2D eigenvalue weighted by atomic mass is 19.1. The molecule has 0 saturated carbocycles. The van der Waals surface area contributed by atoms with Crippen LogP contribution >= 0.6 is 0 Å². The maximum Gasteiger partial charge on any atom is 0.343 e. The first-order valence-corrected chi connectivity index (χ1v) is 6.73. The van der Waals surface area contributed by atoms with Gasteiger partial charge in [0.1, 0.15) is 11.5 Å². The van der Waals surface area contributed by atoms with Gasteiger partial charge in [0.15, 0.2) is 11.5 Å². The van der Waals surface area contributed by atoms with Crippen LogP contribution in [0.15, 0.2) is 22.6 Å². The van der Waals surface area contributed by atoms with Crippen LogP contribution < -0.4 is 0 Å². The van der Waals surface area contributed by atoms with E-state index in [1.54, 1.807) is 19.1 Å². The van der Waals surface area contributed by atoms with Crippen LogP contribution in [0.2, 0.25) is 0 Å². The second kappa shape index (κ2) is 4.97. The predicted molar refractivity (Wildman–Crippen MR) is 73.0 cm³/mol. The van der Waals surface area contributed by atoms with Crippen LogP contribution in [0.4, 0.5) is 4.39 Å². The molecule has 0 spiro atoms. The van der Waals surface area contributed by atoms with E-state index in [2.05, 4.69) is 10.2 Å². The lowest BCUT2D eigenvalue weighted by molar-refractivity contribution is -0.149. The summed E-state index contributed by atoms with van der Waals surface area (Å²) in [5, 5.41) is 15.4. The Kier molecular flexibility index (Phi) is 3.23. The van der Waals surface area contributed by atoms with Crippen molar-refractivity contribution in [3.63, 3.8) is 0 Å². The number of rotatable bonds is 3. The Bertz CT molecular complexity index is 738. The summed E-state index contributed by atoms with van der Waals surface area (Å²) < 4.78 is 19.4. The second-order valence-electron chi connectivity index (χ2n) is 5.32. The van der Waals surface area contributed by atoms with Gasteiger partial charge in [0.25, 0.3) is 5.91 Å². The maximum atomic E-state index is 14.0. The highest BCUT2D eigenvalue weighted by molar-refractivity contribution is 5.94. The van der Waals surface area contributed by atoms with Gasteiger partial charge in [-0.2, -0.15) is 5.10 Å². The normalized spacial score (nSPS) is 21.3. The molecule has 2 aromatic rings. The van der Waals surface area contributed by atoms with E-state index < -0.39 is 24.1 Å². The molecule has 22 heavy (non-hydrogen) atoms. The first-order chi connectivity index (χ1) is 10.4. The Morgan fingerprint density at radius 2 is 2.27 bits per heavy atom. The molecule has 7 nitrogen and oxygen atoms in total. The van der Waals surface area contributed by atoms with Gasteiger partial charge in [0, 0.05) is 19.0 Å². The molecule has 1 atom stereocenters. The number of H-pyrrole nitrogens is 1. The van der Waals surface area contributed by atoms with Crippen LogP contribution in [-0.4, -0.2) is 50.8 Å². The number of carboxylic acids is 1. The van der Waals surface area contributed by atoms with Crippen LogP contribution in [0.5, 0.6) is 0 Å². The number of nitrogens with one attached hydrogen (secondary N) is 1. The van der Waals surface area contributed by atoms with Gasteiger partial charge in [0.05, 0.1) is 6.54 Å². The van der Waals surface area contributed by atoms with Gasteiger partial charge in [-0.25, -0.2) is 9.18 Å². The van der Waals surface area contributed by atoms with E-state index in [1.165, 1.54) is 6.07 Å². The number of carbonyl (C=O) groups is 2.